The lowest BCUT2D eigenvalue weighted by Crippen LogP contribution is -2.15. The van der Waals surface area contributed by atoms with E-state index in [4.69, 9.17) is 4.74 Å². The summed E-state index contributed by atoms with van der Waals surface area (Å²) >= 11 is 0. The van der Waals surface area contributed by atoms with E-state index >= 15 is 0 Å². The quantitative estimate of drug-likeness (QED) is 0.886. The Balaban J connectivity index is 2.35. The van der Waals surface area contributed by atoms with Crippen molar-refractivity contribution >= 4 is 17.3 Å². The van der Waals surface area contributed by atoms with Crippen LogP contribution >= 0.6 is 0 Å². The summed E-state index contributed by atoms with van der Waals surface area (Å²) in [6.45, 7) is 2.82. The second-order valence-corrected chi connectivity index (χ2v) is 4.43. The highest BCUT2D eigenvalue weighted by Crippen LogP contribution is 2.25. The molecule has 0 radical (unpaired) electrons. The number of nitrogens with zero attached hydrogens (tertiary/aromatic N) is 3. The molecule has 1 aromatic heterocycles. The van der Waals surface area contributed by atoms with Crippen LogP contribution in [0.5, 0.6) is 0 Å². The fourth-order valence-electron chi connectivity index (χ4n) is 1.89. The topological polar surface area (TPSA) is 50.3 Å². The van der Waals surface area contributed by atoms with Crippen molar-refractivity contribution in [2.24, 2.45) is 0 Å². The molecule has 0 fully saturated rings. The molecular formula is C15H19FN4O. The molecule has 1 aromatic carbocycles. The third kappa shape index (κ3) is 3.66. The highest BCUT2D eigenvalue weighted by molar-refractivity contribution is 5.62. The molecule has 6 heteroatoms. The van der Waals surface area contributed by atoms with Gasteiger partial charge < -0.3 is 15.0 Å². The van der Waals surface area contributed by atoms with Crippen molar-refractivity contribution in [1.82, 2.24) is 9.97 Å². The van der Waals surface area contributed by atoms with Crippen molar-refractivity contribution in [2.45, 2.75) is 13.5 Å². The number of hydrogen-bond acceptors (Lipinski definition) is 5. The largest absolute Gasteiger partial charge is 0.374 e. The molecule has 5 nitrogen and oxygen atoms in total. The average molecular weight is 290 g/mol. The standard InChI is InChI=1S/C15H19FN4O/c1-4-21-10-14-18-13(17-2)9-15(19-14)20(3)12-8-6-5-7-11(12)16/h5-9H,4,10H2,1-3H3,(H,17,18,19). The molecule has 21 heavy (non-hydrogen) atoms. The van der Waals surface area contributed by atoms with Crippen molar-refractivity contribution in [3.05, 3.63) is 42.0 Å². The molecule has 0 atom stereocenters. The van der Waals surface area contributed by atoms with Gasteiger partial charge in [0.2, 0.25) is 0 Å². The van der Waals surface area contributed by atoms with Crippen molar-refractivity contribution in [3.63, 3.8) is 0 Å². The van der Waals surface area contributed by atoms with Gasteiger partial charge in [0.15, 0.2) is 5.82 Å². The van der Waals surface area contributed by atoms with Crippen LogP contribution in [-0.2, 0) is 11.3 Å². The first kappa shape index (κ1) is 15.2. The van der Waals surface area contributed by atoms with Gasteiger partial charge in [-0.2, -0.15) is 0 Å². The minimum absolute atomic E-state index is 0.295. The Morgan fingerprint density at radius 1 is 1.29 bits per heavy atom. The zero-order valence-corrected chi connectivity index (χ0v) is 12.4. The monoisotopic (exact) mass is 290 g/mol. The van der Waals surface area contributed by atoms with Crippen molar-refractivity contribution in [1.29, 1.82) is 0 Å². The summed E-state index contributed by atoms with van der Waals surface area (Å²) in [5.74, 6) is 1.53. The summed E-state index contributed by atoms with van der Waals surface area (Å²) in [7, 11) is 3.55. The molecule has 0 aliphatic rings. The number of para-hydroxylation sites is 1. The van der Waals surface area contributed by atoms with Crippen LogP contribution in [0.2, 0.25) is 0 Å². The summed E-state index contributed by atoms with van der Waals surface area (Å²) < 4.78 is 19.2. The second-order valence-electron chi connectivity index (χ2n) is 4.43. The third-order valence-electron chi connectivity index (χ3n) is 3.01. The molecule has 0 saturated carbocycles. The van der Waals surface area contributed by atoms with E-state index in [9.17, 15) is 4.39 Å². The Kier molecular flexibility index (Phi) is 5.05. The zero-order chi connectivity index (χ0) is 15.2. The van der Waals surface area contributed by atoms with Crippen LogP contribution in [-0.4, -0.2) is 30.7 Å². The minimum atomic E-state index is -0.295. The van der Waals surface area contributed by atoms with E-state index in [1.165, 1.54) is 6.07 Å². The lowest BCUT2D eigenvalue weighted by molar-refractivity contribution is 0.128. The van der Waals surface area contributed by atoms with Gasteiger partial charge in [0.1, 0.15) is 24.1 Å². The van der Waals surface area contributed by atoms with Crippen LogP contribution in [0, 0.1) is 5.82 Å². The Labute approximate surface area is 123 Å². The van der Waals surface area contributed by atoms with Crippen molar-refractivity contribution in [3.8, 4) is 0 Å². The number of halogens is 1. The maximum absolute atomic E-state index is 13.9. The van der Waals surface area contributed by atoms with E-state index in [1.54, 1.807) is 43.3 Å². The predicted octanol–water partition coefficient (Wildman–Crippen LogP) is 2.96. The molecule has 1 N–H and O–H groups in total. The van der Waals surface area contributed by atoms with Crippen molar-refractivity contribution < 1.29 is 9.13 Å². The van der Waals surface area contributed by atoms with Gasteiger partial charge in [-0.1, -0.05) is 12.1 Å². The van der Waals surface area contributed by atoms with Gasteiger partial charge >= 0.3 is 0 Å². The molecule has 2 rings (SSSR count). The number of nitrogens with one attached hydrogen (secondary N) is 1. The van der Waals surface area contributed by atoms with E-state index in [0.717, 1.165) is 0 Å². The van der Waals surface area contributed by atoms with Gasteiger partial charge in [-0.05, 0) is 19.1 Å². The predicted molar refractivity (Wildman–Crippen MR) is 81.4 cm³/mol. The van der Waals surface area contributed by atoms with E-state index in [0.29, 0.717) is 36.4 Å². The molecule has 0 unspecified atom stereocenters. The van der Waals surface area contributed by atoms with Crippen LogP contribution in [0.1, 0.15) is 12.7 Å². The highest BCUT2D eigenvalue weighted by atomic mass is 19.1. The van der Waals surface area contributed by atoms with E-state index < -0.39 is 0 Å². The molecule has 0 amide bonds. The van der Waals surface area contributed by atoms with Gasteiger partial charge in [-0.25, -0.2) is 14.4 Å². The van der Waals surface area contributed by atoms with Gasteiger partial charge in [0.25, 0.3) is 0 Å². The highest BCUT2D eigenvalue weighted by Gasteiger charge is 2.12. The molecule has 0 aliphatic heterocycles. The molecule has 2 aromatic rings. The second kappa shape index (κ2) is 6.99. The first-order valence-corrected chi connectivity index (χ1v) is 6.77. The number of ether oxygens (including phenoxy) is 1. The molecule has 1 heterocycles. The van der Waals surface area contributed by atoms with Crippen LogP contribution in [0.4, 0.5) is 21.7 Å². The number of rotatable bonds is 6. The summed E-state index contributed by atoms with van der Waals surface area (Å²) in [5, 5.41) is 2.98. The zero-order valence-electron chi connectivity index (χ0n) is 12.4. The average Bonchev–Trinajstić information content (AvgIpc) is 2.52. The normalized spacial score (nSPS) is 10.5. The molecular weight excluding hydrogens is 271 g/mol. The van der Waals surface area contributed by atoms with Gasteiger partial charge in [0.05, 0.1) is 5.69 Å². The van der Waals surface area contributed by atoms with Crippen LogP contribution in [0.3, 0.4) is 0 Å². The van der Waals surface area contributed by atoms with Gasteiger partial charge in [0, 0.05) is 26.8 Å². The molecule has 0 spiro atoms. The fraction of sp³-hybridized carbons (Fsp3) is 0.333. The first-order chi connectivity index (χ1) is 10.2. The van der Waals surface area contributed by atoms with Crippen molar-refractivity contribution in [2.75, 3.05) is 30.9 Å². The molecule has 0 bridgehead atoms. The Hall–Kier alpha value is -2.21. The van der Waals surface area contributed by atoms with E-state index in [1.807, 2.05) is 6.92 Å². The SMILES string of the molecule is CCOCc1nc(NC)cc(N(C)c2ccccc2F)n1. The van der Waals surface area contributed by atoms with Crippen LogP contribution < -0.4 is 10.2 Å². The lowest BCUT2D eigenvalue weighted by atomic mass is 10.3. The lowest BCUT2D eigenvalue weighted by Gasteiger charge is -2.20. The van der Waals surface area contributed by atoms with Gasteiger partial charge in [-0.3, -0.25) is 0 Å². The molecule has 0 aliphatic carbocycles. The first-order valence-electron chi connectivity index (χ1n) is 6.77. The maximum Gasteiger partial charge on any atom is 0.158 e. The molecule has 0 saturated heterocycles. The minimum Gasteiger partial charge on any atom is -0.374 e. The Bertz CT molecular complexity index is 606. The summed E-state index contributed by atoms with van der Waals surface area (Å²) in [6, 6.07) is 8.34. The smallest absolute Gasteiger partial charge is 0.158 e. The van der Waals surface area contributed by atoms with Crippen LogP contribution in [0.15, 0.2) is 30.3 Å². The van der Waals surface area contributed by atoms with Crippen LogP contribution in [0.25, 0.3) is 0 Å². The van der Waals surface area contributed by atoms with E-state index in [-0.39, 0.29) is 5.82 Å². The summed E-state index contributed by atoms with van der Waals surface area (Å²) in [4.78, 5) is 10.4. The number of anilines is 3. The van der Waals surface area contributed by atoms with E-state index in [2.05, 4.69) is 15.3 Å². The molecule has 112 valence electrons. The summed E-state index contributed by atoms with van der Waals surface area (Å²) in [6.07, 6.45) is 0. The summed E-state index contributed by atoms with van der Waals surface area (Å²) in [5.41, 5.74) is 0.459. The fourth-order valence-corrected chi connectivity index (χ4v) is 1.89. The maximum atomic E-state index is 13.9. The Morgan fingerprint density at radius 3 is 2.71 bits per heavy atom. The number of benzene rings is 1. The Morgan fingerprint density at radius 2 is 2.05 bits per heavy atom. The third-order valence-corrected chi connectivity index (χ3v) is 3.01. The van der Waals surface area contributed by atoms with Gasteiger partial charge in [-0.15, -0.1) is 0 Å². The number of hydrogen-bond donors (Lipinski definition) is 1. The number of aromatic nitrogens is 2.